The fraction of sp³-hybridized carbons (Fsp3) is 0.514. The van der Waals surface area contributed by atoms with Crippen LogP contribution in [0.5, 0.6) is 0 Å². The Bertz CT molecular complexity index is 1930. The standard InChI is InChI=1S/C37H43N9O5/c38-34(48)27-2-4-28(39-22-27)3-1-24-9-15-43(16-10-24)23-25-11-17-45(18-12-25)36(50)26-13-19-44(20-14-26)29-5-6-31-30(21-29)37(51)46(42-41-31)32-7-8-33(47)40-35(32)49/h2,4-6,21-22,24-26,32H,7-20,23H2,(H2,38,48)(H,40,47,49). The van der Waals surface area contributed by atoms with Crippen LogP contribution in [0, 0.1) is 29.6 Å². The van der Waals surface area contributed by atoms with Gasteiger partial charge < -0.3 is 20.4 Å². The van der Waals surface area contributed by atoms with E-state index < -0.39 is 23.4 Å². The summed E-state index contributed by atoms with van der Waals surface area (Å²) >= 11 is 0. The van der Waals surface area contributed by atoms with Crippen LogP contribution < -0.4 is 21.5 Å². The van der Waals surface area contributed by atoms with Crippen LogP contribution in [0.3, 0.4) is 0 Å². The van der Waals surface area contributed by atoms with Crippen molar-refractivity contribution in [2.45, 2.75) is 57.4 Å². The van der Waals surface area contributed by atoms with Gasteiger partial charge in [-0.25, -0.2) is 4.98 Å². The van der Waals surface area contributed by atoms with E-state index in [4.69, 9.17) is 5.73 Å². The molecule has 2 aromatic heterocycles. The maximum atomic E-state index is 13.5. The maximum Gasteiger partial charge on any atom is 0.278 e. The van der Waals surface area contributed by atoms with E-state index in [1.165, 1.54) is 6.20 Å². The van der Waals surface area contributed by atoms with Gasteiger partial charge in [0.05, 0.1) is 10.9 Å². The van der Waals surface area contributed by atoms with Crippen LogP contribution in [-0.4, -0.2) is 99.2 Å². The molecule has 1 unspecified atom stereocenters. The molecule has 266 valence electrons. The zero-order valence-corrected chi connectivity index (χ0v) is 28.6. The first-order chi connectivity index (χ1) is 24.7. The Morgan fingerprint density at radius 1 is 0.902 bits per heavy atom. The number of anilines is 1. The highest BCUT2D eigenvalue weighted by Crippen LogP contribution is 2.29. The average molecular weight is 694 g/mol. The Morgan fingerprint density at radius 3 is 2.35 bits per heavy atom. The largest absolute Gasteiger partial charge is 0.371 e. The first-order valence-corrected chi connectivity index (χ1v) is 18.0. The van der Waals surface area contributed by atoms with Gasteiger partial charge in [-0.3, -0.25) is 29.3 Å². The van der Waals surface area contributed by atoms with Gasteiger partial charge in [0, 0.05) is 62.9 Å². The molecule has 0 saturated carbocycles. The molecule has 4 aliphatic heterocycles. The first kappa shape index (κ1) is 34.3. The summed E-state index contributed by atoms with van der Waals surface area (Å²) < 4.78 is 1.08. The molecule has 14 heteroatoms. The molecule has 0 radical (unpaired) electrons. The van der Waals surface area contributed by atoms with Gasteiger partial charge in [0.15, 0.2) is 0 Å². The summed E-state index contributed by atoms with van der Waals surface area (Å²) in [6, 6.07) is 8.00. The first-order valence-electron chi connectivity index (χ1n) is 18.0. The molecule has 14 nitrogen and oxygen atoms in total. The molecular formula is C37H43N9O5. The number of piperidine rings is 4. The lowest BCUT2D eigenvalue weighted by Gasteiger charge is -2.39. The normalized spacial score (nSPS) is 21.3. The van der Waals surface area contributed by atoms with E-state index in [9.17, 15) is 24.0 Å². The van der Waals surface area contributed by atoms with Crippen molar-refractivity contribution in [3.63, 3.8) is 0 Å². The van der Waals surface area contributed by atoms with Crippen molar-refractivity contribution in [1.29, 1.82) is 0 Å². The number of imide groups is 1. The Kier molecular flexibility index (Phi) is 10.1. The van der Waals surface area contributed by atoms with Gasteiger partial charge in [-0.2, -0.15) is 4.68 Å². The van der Waals surface area contributed by atoms with Crippen LogP contribution in [0.1, 0.15) is 73.5 Å². The molecule has 6 heterocycles. The Hall–Kier alpha value is -5.16. The van der Waals surface area contributed by atoms with Crippen molar-refractivity contribution in [3.05, 3.63) is 58.1 Å². The fourth-order valence-corrected chi connectivity index (χ4v) is 7.75. The number of hydrogen-bond acceptors (Lipinski definition) is 10. The van der Waals surface area contributed by atoms with Crippen LogP contribution in [0.2, 0.25) is 0 Å². The summed E-state index contributed by atoms with van der Waals surface area (Å²) in [6.07, 6.45) is 7.40. The number of rotatable bonds is 6. The highest BCUT2D eigenvalue weighted by Gasteiger charge is 2.33. The molecule has 4 amide bonds. The van der Waals surface area contributed by atoms with Crippen molar-refractivity contribution in [1.82, 2.24) is 35.1 Å². The minimum atomic E-state index is -0.868. The zero-order chi connectivity index (χ0) is 35.5. The lowest BCUT2D eigenvalue weighted by Crippen LogP contribution is -2.47. The van der Waals surface area contributed by atoms with Crippen LogP contribution in [0.4, 0.5) is 5.69 Å². The second-order valence-corrected chi connectivity index (χ2v) is 14.2. The third kappa shape index (κ3) is 7.78. The number of carbonyl (C=O) groups is 4. The summed E-state index contributed by atoms with van der Waals surface area (Å²) in [7, 11) is 0. The Balaban J connectivity index is 0.857. The van der Waals surface area contributed by atoms with E-state index in [1.807, 2.05) is 6.07 Å². The van der Waals surface area contributed by atoms with Crippen molar-refractivity contribution < 1.29 is 19.2 Å². The van der Waals surface area contributed by atoms with E-state index in [2.05, 4.69) is 47.2 Å². The van der Waals surface area contributed by atoms with Crippen molar-refractivity contribution >= 4 is 40.2 Å². The summed E-state index contributed by atoms with van der Waals surface area (Å²) in [5.41, 5.74) is 7.22. The Morgan fingerprint density at radius 2 is 1.67 bits per heavy atom. The third-order valence-corrected chi connectivity index (χ3v) is 10.9. The van der Waals surface area contributed by atoms with E-state index >= 15 is 0 Å². The van der Waals surface area contributed by atoms with Gasteiger partial charge in [-0.15, -0.1) is 5.10 Å². The van der Waals surface area contributed by atoms with Gasteiger partial charge >= 0.3 is 0 Å². The van der Waals surface area contributed by atoms with E-state index in [-0.39, 0.29) is 30.6 Å². The molecular weight excluding hydrogens is 650 g/mol. The number of fused-ring (bicyclic) bond motifs is 1. The predicted octanol–water partition coefficient (Wildman–Crippen LogP) is 1.48. The molecule has 3 N–H and O–H groups in total. The molecule has 4 fully saturated rings. The fourth-order valence-electron chi connectivity index (χ4n) is 7.75. The number of nitrogens with two attached hydrogens (primary N) is 1. The Labute approximate surface area is 295 Å². The number of benzene rings is 1. The van der Waals surface area contributed by atoms with Crippen LogP contribution in [-0.2, 0) is 14.4 Å². The minimum absolute atomic E-state index is 0.00898. The second kappa shape index (κ2) is 15.0. The van der Waals surface area contributed by atoms with Gasteiger partial charge in [-0.05, 0) is 100 Å². The number of nitrogens with one attached hydrogen (secondary N) is 1. The van der Waals surface area contributed by atoms with Gasteiger partial charge in [0.25, 0.3) is 11.5 Å². The molecule has 1 aromatic carbocycles. The third-order valence-electron chi connectivity index (χ3n) is 10.9. The van der Waals surface area contributed by atoms with Crippen LogP contribution >= 0.6 is 0 Å². The lowest BCUT2D eigenvalue weighted by molar-refractivity contribution is -0.138. The summed E-state index contributed by atoms with van der Waals surface area (Å²) in [4.78, 5) is 73.1. The zero-order valence-electron chi connectivity index (χ0n) is 28.6. The summed E-state index contributed by atoms with van der Waals surface area (Å²) in [6.45, 7) is 6.12. The summed E-state index contributed by atoms with van der Waals surface area (Å²) in [5, 5.41) is 10.8. The molecule has 4 aliphatic rings. The van der Waals surface area contributed by atoms with Crippen molar-refractivity contribution in [2.24, 2.45) is 23.5 Å². The number of amides is 4. The number of primary amides is 1. The number of nitrogens with zero attached hydrogens (tertiary/aromatic N) is 7. The molecule has 7 rings (SSSR count). The number of carbonyl (C=O) groups excluding carboxylic acids is 4. The smallest absolute Gasteiger partial charge is 0.278 e. The molecule has 0 bridgehead atoms. The maximum absolute atomic E-state index is 13.5. The molecule has 4 saturated heterocycles. The predicted molar refractivity (Wildman–Crippen MR) is 188 cm³/mol. The molecule has 51 heavy (non-hydrogen) atoms. The molecule has 0 spiro atoms. The monoisotopic (exact) mass is 693 g/mol. The quantitative estimate of drug-likeness (QED) is 0.284. The van der Waals surface area contributed by atoms with E-state index in [0.29, 0.717) is 47.1 Å². The average Bonchev–Trinajstić information content (AvgIpc) is 3.15. The number of aromatic nitrogens is 4. The molecule has 0 aliphatic carbocycles. The van der Waals surface area contributed by atoms with E-state index in [1.54, 1.807) is 24.3 Å². The molecule has 1 atom stereocenters. The minimum Gasteiger partial charge on any atom is -0.371 e. The van der Waals surface area contributed by atoms with E-state index in [0.717, 1.165) is 81.6 Å². The van der Waals surface area contributed by atoms with Crippen LogP contribution in [0.15, 0.2) is 41.3 Å². The highest BCUT2D eigenvalue weighted by atomic mass is 16.2. The summed E-state index contributed by atoms with van der Waals surface area (Å²) in [5.74, 6) is 6.28. The van der Waals surface area contributed by atoms with Crippen molar-refractivity contribution in [3.8, 4) is 11.8 Å². The van der Waals surface area contributed by atoms with Gasteiger partial charge in [0.2, 0.25) is 17.7 Å². The SMILES string of the molecule is NC(=O)c1ccc(C#CC2CCN(CC3CCN(C(=O)C4CCN(c5ccc6nnn(C7CCC(=O)NC7=O)c(=O)c6c5)CC4)CC3)CC2)nc1. The lowest BCUT2D eigenvalue weighted by atomic mass is 9.90. The number of hydrogen-bond donors (Lipinski definition) is 2. The van der Waals surface area contributed by atoms with Gasteiger partial charge in [0.1, 0.15) is 17.3 Å². The molecule has 3 aromatic rings. The topological polar surface area (TPSA) is 177 Å². The number of likely N-dealkylation sites (tertiary alicyclic amines) is 2. The van der Waals surface area contributed by atoms with Crippen molar-refractivity contribution in [2.75, 3.05) is 50.7 Å². The number of pyridine rings is 1. The van der Waals surface area contributed by atoms with Crippen LogP contribution in [0.25, 0.3) is 10.9 Å². The second-order valence-electron chi connectivity index (χ2n) is 14.2. The highest BCUT2D eigenvalue weighted by molar-refractivity contribution is 5.99. The van der Waals surface area contributed by atoms with Gasteiger partial charge in [-0.1, -0.05) is 11.1 Å².